The van der Waals surface area contributed by atoms with Gasteiger partial charge in [0.05, 0.1) is 19.8 Å². The van der Waals surface area contributed by atoms with E-state index in [0.29, 0.717) is 6.61 Å². The number of hydrogen-bond acceptors (Lipinski definition) is 10. The topological polar surface area (TPSA) is 124 Å². The molecule has 0 aromatic heterocycles. The number of methoxy groups -OCH3 is 2. The normalized spacial score (nSPS) is 13.4. The van der Waals surface area contributed by atoms with E-state index in [1.54, 1.807) is 13.8 Å². The summed E-state index contributed by atoms with van der Waals surface area (Å²) in [6.07, 6.45) is 3.25. The van der Waals surface area contributed by atoms with Gasteiger partial charge in [0.2, 0.25) is 0 Å². The molecule has 0 aliphatic carbocycles. The number of unbranched alkanes of at least 4 members (excludes halogenated alkanes) is 1. The largest absolute Gasteiger partial charge is 0.465 e. The zero-order valence-electron chi connectivity index (χ0n) is 21.0. The molecule has 0 radical (unpaired) electrons. The van der Waals surface area contributed by atoms with Crippen LogP contribution in [0.25, 0.3) is 0 Å². The van der Waals surface area contributed by atoms with E-state index in [1.807, 2.05) is 6.92 Å². The molecule has 2 atom stereocenters. The summed E-state index contributed by atoms with van der Waals surface area (Å²) < 4.78 is 29.6. The van der Waals surface area contributed by atoms with E-state index in [-0.39, 0.29) is 40.5 Å². The molecular formula is C24H44O10. The molecular weight excluding hydrogens is 448 g/mol. The van der Waals surface area contributed by atoms with Crippen molar-refractivity contribution in [2.75, 3.05) is 53.9 Å². The van der Waals surface area contributed by atoms with Crippen LogP contribution in [0.3, 0.4) is 0 Å². The van der Waals surface area contributed by atoms with E-state index in [2.05, 4.69) is 6.58 Å². The van der Waals surface area contributed by atoms with Crippen LogP contribution in [0.15, 0.2) is 12.7 Å². The number of carbonyl (C=O) groups excluding carboxylic acids is 4. The molecule has 0 aliphatic heterocycles. The SMILES string of the molecule is C.C=CCOC(=O)C(C)(COC)COC(C)=O.CCCCOC(=O)C(C)(COC)COC(C)=O. The second kappa shape index (κ2) is 20.0. The van der Waals surface area contributed by atoms with Gasteiger partial charge in [-0.2, -0.15) is 0 Å². The van der Waals surface area contributed by atoms with Crippen molar-refractivity contribution in [3.8, 4) is 0 Å². The standard InChI is InChI=1S/C12H22O5.C11H18O5.CH4/c1-5-6-7-16-11(14)12(3,8-15-4)9-17-10(2)13;1-5-6-15-10(13)11(3,7-14-4)8-16-9(2)12;/h5-9H2,1-4H3;5H,1,6-8H2,2-4H3;1H4. The van der Waals surface area contributed by atoms with Crippen LogP contribution >= 0.6 is 0 Å². The molecule has 0 amide bonds. The van der Waals surface area contributed by atoms with Crippen molar-refractivity contribution >= 4 is 23.9 Å². The fraction of sp³-hybridized carbons (Fsp3) is 0.750. The molecule has 200 valence electrons. The summed E-state index contributed by atoms with van der Waals surface area (Å²) >= 11 is 0. The van der Waals surface area contributed by atoms with Crippen LogP contribution in [0.4, 0.5) is 0 Å². The smallest absolute Gasteiger partial charge is 0.317 e. The van der Waals surface area contributed by atoms with Gasteiger partial charge in [-0.15, -0.1) is 0 Å². The molecule has 0 fully saturated rings. The zero-order chi connectivity index (χ0) is 25.9. The molecule has 0 saturated carbocycles. The van der Waals surface area contributed by atoms with Crippen molar-refractivity contribution in [1.29, 1.82) is 0 Å². The van der Waals surface area contributed by atoms with Crippen molar-refractivity contribution in [3.63, 3.8) is 0 Å². The van der Waals surface area contributed by atoms with Crippen molar-refractivity contribution in [2.24, 2.45) is 10.8 Å². The van der Waals surface area contributed by atoms with Crippen LogP contribution in [0.1, 0.15) is 54.9 Å². The summed E-state index contributed by atoms with van der Waals surface area (Å²) in [5.41, 5.74) is -1.92. The average Bonchev–Trinajstić information content (AvgIpc) is 2.75. The number of carbonyl (C=O) groups is 4. The monoisotopic (exact) mass is 492 g/mol. The first-order valence-electron chi connectivity index (χ1n) is 10.6. The maximum absolute atomic E-state index is 11.8. The van der Waals surface area contributed by atoms with Gasteiger partial charge in [0.15, 0.2) is 0 Å². The van der Waals surface area contributed by atoms with Crippen molar-refractivity contribution in [1.82, 2.24) is 0 Å². The minimum Gasteiger partial charge on any atom is -0.465 e. The van der Waals surface area contributed by atoms with E-state index < -0.39 is 34.7 Å². The quantitative estimate of drug-likeness (QED) is 0.146. The summed E-state index contributed by atoms with van der Waals surface area (Å²) in [7, 11) is 2.96. The Kier molecular flexibility index (Phi) is 21.2. The van der Waals surface area contributed by atoms with Crippen LogP contribution in [-0.4, -0.2) is 77.7 Å². The summed E-state index contributed by atoms with van der Waals surface area (Å²) in [5.74, 6) is -1.74. The van der Waals surface area contributed by atoms with Crippen molar-refractivity contribution in [2.45, 2.75) is 54.9 Å². The molecule has 0 saturated heterocycles. The molecule has 10 nitrogen and oxygen atoms in total. The fourth-order valence-electron chi connectivity index (χ4n) is 2.27. The van der Waals surface area contributed by atoms with Gasteiger partial charge in [-0.1, -0.05) is 33.4 Å². The molecule has 0 aromatic rings. The summed E-state index contributed by atoms with van der Waals surface area (Å²) in [6, 6.07) is 0. The van der Waals surface area contributed by atoms with Crippen LogP contribution in [-0.2, 0) is 47.6 Å². The van der Waals surface area contributed by atoms with Crippen LogP contribution < -0.4 is 0 Å². The number of ether oxygens (including phenoxy) is 6. The van der Waals surface area contributed by atoms with Gasteiger partial charge in [0, 0.05) is 28.1 Å². The minimum absolute atomic E-state index is 0. The van der Waals surface area contributed by atoms with Gasteiger partial charge in [0.25, 0.3) is 0 Å². The molecule has 0 aromatic carbocycles. The summed E-state index contributed by atoms with van der Waals surface area (Å²) in [4.78, 5) is 45.0. The minimum atomic E-state index is -0.983. The highest BCUT2D eigenvalue weighted by Crippen LogP contribution is 2.21. The van der Waals surface area contributed by atoms with E-state index in [4.69, 9.17) is 28.4 Å². The Morgan fingerprint density at radius 1 is 0.765 bits per heavy atom. The van der Waals surface area contributed by atoms with Gasteiger partial charge in [-0.25, -0.2) is 0 Å². The van der Waals surface area contributed by atoms with Gasteiger partial charge < -0.3 is 28.4 Å². The highest BCUT2D eigenvalue weighted by molar-refractivity contribution is 5.78. The number of esters is 4. The van der Waals surface area contributed by atoms with Crippen LogP contribution in [0.2, 0.25) is 0 Å². The lowest BCUT2D eigenvalue weighted by atomic mass is 9.93. The van der Waals surface area contributed by atoms with E-state index in [0.717, 1.165) is 12.8 Å². The molecule has 2 unspecified atom stereocenters. The Morgan fingerprint density at radius 2 is 1.18 bits per heavy atom. The van der Waals surface area contributed by atoms with E-state index in [1.165, 1.54) is 34.1 Å². The zero-order valence-corrected chi connectivity index (χ0v) is 21.0. The maximum atomic E-state index is 11.8. The van der Waals surface area contributed by atoms with Crippen LogP contribution in [0, 0.1) is 10.8 Å². The Bertz CT molecular complexity index is 619. The molecule has 0 bridgehead atoms. The molecule has 34 heavy (non-hydrogen) atoms. The van der Waals surface area contributed by atoms with Crippen molar-refractivity contribution in [3.05, 3.63) is 12.7 Å². The predicted octanol–water partition coefficient (Wildman–Crippen LogP) is 3.11. The third-order valence-electron chi connectivity index (χ3n) is 4.16. The lowest BCUT2D eigenvalue weighted by Gasteiger charge is -2.25. The lowest BCUT2D eigenvalue weighted by molar-refractivity contribution is -0.167. The summed E-state index contributed by atoms with van der Waals surface area (Å²) in [6.45, 7) is 12.0. The summed E-state index contributed by atoms with van der Waals surface area (Å²) in [5, 5.41) is 0. The third-order valence-corrected chi connectivity index (χ3v) is 4.16. The van der Waals surface area contributed by atoms with Gasteiger partial charge in [0.1, 0.15) is 30.7 Å². The van der Waals surface area contributed by atoms with Gasteiger partial charge >= 0.3 is 23.9 Å². The van der Waals surface area contributed by atoms with Crippen molar-refractivity contribution < 1.29 is 47.6 Å². The number of rotatable bonds is 15. The van der Waals surface area contributed by atoms with E-state index >= 15 is 0 Å². The molecule has 0 N–H and O–H groups in total. The maximum Gasteiger partial charge on any atom is 0.317 e. The Hall–Kier alpha value is -2.46. The first-order chi connectivity index (χ1) is 15.4. The molecule has 0 rings (SSSR count). The Labute approximate surface area is 204 Å². The molecule has 0 aliphatic rings. The lowest BCUT2D eigenvalue weighted by Crippen LogP contribution is -2.39. The first kappa shape index (κ1) is 36.1. The average molecular weight is 493 g/mol. The van der Waals surface area contributed by atoms with Gasteiger partial charge in [-0.3, -0.25) is 19.2 Å². The highest BCUT2D eigenvalue weighted by Gasteiger charge is 2.37. The van der Waals surface area contributed by atoms with Gasteiger partial charge in [-0.05, 0) is 20.3 Å². The molecule has 0 spiro atoms. The predicted molar refractivity (Wildman–Crippen MR) is 127 cm³/mol. The molecule has 10 heteroatoms. The van der Waals surface area contributed by atoms with Crippen LogP contribution in [0.5, 0.6) is 0 Å². The Morgan fingerprint density at radius 3 is 1.50 bits per heavy atom. The second-order valence-electron chi connectivity index (χ2n) is 7.92. The van der Waals surface area contributed by atoms with E-state index in [9.17, 15) is 19.2 Å². The first-order valence-corrected chi connectivity index (χ1v) is 10.6. The fourth-order valence-corrected chi connectivity index (χ4v) is 2.27. The molecule has 0 heterocycles. The highest BCUT2D eigenvalue weighted by atomic mass is 16.6. The number of hydrogen-bond donors (Lipinski definition) is 0. The Balaban J connectivity index is -0.000000550. The second-order valence-corrected chi connectivity index (χ2v) is 7.92. The third kappa shape index (κ3) is 16.2.